The van der Waals surface area contributed by atoms with E-state index in [1.54, 1.807) is 11.4 Å². The first-order valence-corrected chi connectivity index (χ1v) is 7.41. The first-order chi connectivity index (χ1) is 10.8. The van der Waals surface area contributed by atoms with E-state index in [0.717, 1.165) is 5.01 Å². The Bertz CT molecular complexity index is 711. The number of aromatic nitrogens is 1. The maximum Gasteiger partial charge on any atom is 0.422 e. The third-order valence-corrected chi connectivity index (χ3v) is 3.37. The molecule has 1 aromatic heterocycles. The number of aryl methyl sites for hydroxylation is 1. The lowest BCUT2D eigenvalue weighted by Crippen LogP contribution is -2.20. The zero-order chi connectivity index (χ0) is 16.9. The Morgan fingerprint density at radius 3 is 2.78 bits per heavy atom. The molecule has 0 aliphatic rings. The minimum atomic E-state index is -4.44. The molecule has 4 nitrogen and oxygen atoms in total. The molecule has 2 rings (SSSR count). The van der Waals surface area contributed by atoms with E-state index in [9.17, 15) is 18.0 Å². The summed E-state index contributed by atoms with van der Waals surface area (Å²) in [6.45, 7) is 0.421. The van der Waals surface area contributed by atoms with E-state index >= 15 is 0 Å². The fourth-order valence-electron chi connectivity index (χ4n) is 1.65. The normalized spacial score (nSPS) is 11.7. The van der Waals surface area contributed by atoms with Gasteiger partial charge in [-0.05, 0) is 25.1 Å². The van der Waals surface area contributed by atoms with Crippen molar-refractivity contribution in [2.45, 2.75) is 13.1 Å². The highest BCUT2D eigenvalue weighted by molar-refractivity contribution is 7.09. The van der Waals surface area contributed by atoms with Gasteiger partial charge in [-0.3, -0.25) is 4.79 Å². The van der Waals surface area contributed by atoms with E-state index in [4.69, 9.17) is 4.74 Å². The Labute approximate surface area is 134 Å². The summed E-state index contributed by atoms with van der Waals surface area (Å²) in [7, 11) is 0. The van der Waals surface area contributed by atoms with Gasteiger partial charge in [0.15, 0.2) is 6.61 Å². The Morgan fingerprint density at radius 1 is 1.39 bits per heavy atom. The van der Waals surface area contributed by atoms with Crippen LogP contribution < -0.4 is 10.1 Å². The fourth-order valence-corrected chi connectivity index (χ4v) is 2.23. The topological polar surface area (TPSA) is 51.2 Å². The molecule has 0 fully saturated rings. The molecule has 0 saturated carbocycles. The van der Waals surface area contributed by atoms with Crippen molar-refractivity contribution in [1.82, 2.24) is 4.98 Å². The number of alkyl halides is 3. The van der Waals surface area contributed by atoms with Crippen molar-refractivity contribution in [3.05, 3.63) is 46.4 Å². The van der Waals surface area contributed by atoms with Crippen molar-refractivity contribution < 1.29 is 22.7 Å². The summed E-state index contributed by atoms with van der Waals surface area (Å²) in [5.74, 6) is -0.533. The highest BCUT2D eigenvalue weighted by atomic mass is 32.1. The molecule has 0 unspecified atom stereocenters. The van der Waals surface area contributed by atoms with E-state index < -0.39 is 18.7 Å². The first-order valence-electron chi connectivity index (χ1n) is 6.53. The molecule has 2 aromatic rings. The summed E-state index contributed by atoms with van der Waals surface area (Å²) in [4.78, 5) is 16.0. The molecule has 0 bridgehead atoms. The molecule has 0 spiro atoms. The van der Waals surface area contributed by atoms with Gasteiger partial charge in [-0.2, -0.15) is 13.2 Å². The highest BCUT2D eigenvalue weighted by Gasteiger charge is 2.28. The molecule has 122 valence electrons. The van der Waals surface area contributed by atoms with Gasteiger partial charge in [0.05, 0.1) is 16.4 Å². The number of rotatable bonds is 5. The Balaban J connectivity index is 2.01. The molecule has 8 heteroatoms. The molecule has 0 aliphatic heterocycles. The lowest BCUT2D eigenvalue weighted by molar-refractivity contribution is -0.153. The molecule has 0 aliphatic carbocycles. The lowest BCUT2D eigenvalue weighted by atomic mass is 10.3. The van der Waals surface area contributed by atoms with E-state index in [2.05, 4.69) is 10.3 Å². The first kappa shape index (κ1) is 17.0. The number of hydrogen-bond acceptors (Lipinski definition) is 4. The Kier molecular flexibility index (Phi) is 5.38. The second kappa shape index (κ2) is 7.28. The van der Waals surface area contributed by atoms with Crippen LogP contribution in [0.25, 0.3) is 6.08 Å². The van der Waals surface area contributed by atoms with Gasteiger partial charge in [-0.1, -0.05) is 12.1 Å². The van der Waals surface area contributed by atoms with Gasteiger partial charge in [0.25, 0.3) is 0 Å². The zero-order valence-corrected chi connectivity index (χ0v) is 12.9. The predicted molar refractivity (Wildman–Crippen MR) is 82.5 cm³/mol. The number of nitrogens with zero attached hydrogens (tertiary/aromatic N) is 1. The number of carbonyl (C=O) groups is 1. The van der Waals surface area contributed by atoms with Crippen molar-refractivity contribution in [2.75, 3.05) is 11.9 Å². The van der Waals surface area contributed by atoms with Gasteiger partial charge in [-0.15, -0.1) is 11.3 Å². The summed E-state index contributed by atoms with van der Waals surface area (Å²) < 4.78 is 41.3. The van der Waals surface area contributed by atoms with Crippen molar-refractivity contribution in [3.63, 3.8) is 0 Å². The molecule has 1 aromatic carbocycles. The van der Waals surface area contributed by atoms with Gasteiger partial charge in [0, 0.05) is 11.5 Å². The van der Waals surface area contributed by atoms with Crippen LogP contribution in [-0.2, 0) is 4.79 Å². The van der Waals surface area contributed by atoms with Crippen LogP contribution in [0.1, 0.15) is 10.7 Å². The van der Waals surface area contributed by atoms with E-state index in [0.29, 0.717) is 5.69 Å². The smallest absolute Gasteiger partial charge is 0.422 e. The number of hydrogen-bond donors (Lipinski definition) is 1. The van der Waals surface area contributed by atoms with Crippen molar-refractivity contribution in [3.8, 4) is 5.75 Å². The Morgan fingerprint density at radius 2 is 2.13 bits per heavy atom. The van der Waals surface area contributed by atoms with E-state index in [1.165, 1.54) is 41.7 Å². The second-order valence-electron chi connectivity index (χ2n) is 4.51. The van der Waals surface area contributed by atoms with Crippen LogP contribution in [0.15, 0.2) is 35.7 Å². The molecular formula is C15H13F3N2O2S. The quantitative estimate of drug-likeness (QED) is 0.834. The second-order valence-corrected chi connectivity index (χ2v) is 5.58. The summed E-state index contributed by atoms with van der Waals surface area (Å²) in [5, 5.41) is 5.14. The van der Waals surface area contributed by atoms with Crippen LogP contribution in [0.2, 0.25) is 0 Å². The van der Waals surface area contributed by atoms with Crippen LogP contribution in [0.5, 0.6) is 5.75 Å². The molecular weight excluding hydrogens is 329 g/mol. The number of thiazole rings is 1. The van der Waals surface area contributed by atoms with Gasteiger partial charge < -0.3 is 10.1 Å². The number of carbonyl (C=O) groups excluding carboxylic acids is 1. The van der Waals surface area contributed by atoms with Gasteiger partial charge in [0.2, 0.25) is 5.91 Å². The molecule has 0 saturated heterocycles. The number of benzene rings is 1. The summed E-state index contributed by atoms with van der Waals surface area (Å²) >= 11 is 1.45. The monoisotopic (exact) mass is 342 g/mol. The summed E-state index contributed by atoms with van der Waals surface area (Å²) in [6.07, 6.45) is -1.66. The number of nitrogens with one attached hydrogen (secondary N) is 1. The van der Waals surface area contributed by atoms with Crippen molar-refractivity contribution in [1.29, 1.82) is 0 Å². The number of ether oxygens (including phenoxy) is 1. The minimum Gasteiger partial charge on any atom is -0.482 e. The minimum absolute atomic E-state index is 0.0453. The van der Waals surface area contributed by atoms with Gasteiger partial charge in [-0.25, -0.2) is 4.98 Å². The fraction of sp³-hybridized carbons (Fsp3) is 0.200. The SMILES string of the molecule is Cc1nc(/C=C/C(=O)Nc2ccccc2OCC(F)(F)F)cs1. The third kappa shape index (κ3) is 5.74. The number of anilines is 1. The largest absolute Gasteiger partial charge is 0.482 e. The molecule has 23 heavy (non-hydrogen) atoms. The molecule has 0 radical (unpaired) electrons. The van der Waals surface area contributed by atoms with Gasteiger partial charge in [0.1, 0.15) is 5.75 Å². The average Bonchev–Trinajstić information content (AvgIpc) is 2.89. The molecule has 0 atom stereocenters. The van der Waals surface area contributed by atoms with Crippen molar-refractivity contribution >= 4 is 29.0 Å². The maximum atomic E-state index is 12.2. The van der Waals surface area contributed by atoms with Crippen molar-refractivity contribution in [2.24, 2.45) is 0 Å². The highest BCUT2D eigenvalue weighted by Crippen LogP contribution is 2.26. The van der Waals surface area contributed by atoms with Crippen LogP contribution in [0, 0.1) is 6.92 Å². The number of para-hydroxylation sites is 2. The number of halogens is 3. The van der Waals surface area contributed by atoms with E-state index in [-0.39, 0.29) is 11.4 Å². The van der Waals surface area contributed by atoms with Crippen LogP contribution in [-0.4, -0.2) is 23.7 Å². The summed E-state index contributed by atoms with van der Waals surface area (Å²) in [5.41, 5.74) is 0.810. The summed E-state index contributed by atoms with van der Waals surface area (Å²) in [6, 6.07) is 5.93. The van der Waals surface area contributed by atoms with Crippen LogP contribution in [0.3, 0.4) is 0 Å². The maximum absolute atomic E-state index is 12.2. The average molecular weight is 342 g/mol. The van der Waals surface area contributed by atoms with Gasteiger partial charge >= 0.3 is 6.18 Å². The van der Waals surface area contributed by atoms with Crippen LogP contribution >= 0.6 is 11.3 Å². The molecule has 1 heterocycles. The molecule has 1 N–H and O–H groups in total. The van der Waals surface area contributed by atoms with Crippen LogP contribution in [0.4, 0.5) is 18.9 Å². The zero-order valence-electron chi connectivity index (χ0n) is 12.1. The Hall–Kier alpha value is -2.35. The standard InChI is InChI=1S/C15H13F3N2O2S/c1-10-19-11(8-23-10)6-7-14(21)20-12-4-2-3-5-13(12)22-9-15(16,17)18/h2-8H,9H2,1H3,(H,20,21)/b7-6+. The van der Waals surface area contributed by atoms with E-state index in [1.807, 2.05) is 6.92 Å². The lowest BCUT2D eigenvalue weighted by Gasteiger charge is -2.13. The third-order valence-electron chi connectivity index (χ3n) is 2.58. The predicted octanol–water partition coefficient (Wildman–Crippen LogP) is 4.04. The molecule has 1 amide bonds. The number of amides is 1.